The molecule has 1 saturated carbocycles. The van der Waals surface area contributed by atoms with Gasteiger partial charge in [0.2, 0.25) is 0 Å². The lowest BCUT2D eigenvalue weighted by atomic mass is 9.97. The lowest BCUT2D eigenvalue weighted by Crippen LogP contribution is -2.24. The summed E-state index contributed by atoms with van der Waals surface area (Å²) in [6, 6.07) is 18.3. The molecule has 1 fully saturated rings. The molecule has 0 saturated heterocycles. The average molecular weight is 437 g/mol. The maximum Gasteiger partial charge on any atom is 0.193 e. The van der Waals surface area contributed by atoms with E-state index >= 15 is 0 Å². The Balaban J connectivity index is 0.00000208. The van der Waals surface area contributed by atoms with E-state index in [0.717, 1.165) is 24.4 Å². The predicted molar refractivity (Wildman–Crippen MR) is 110 cm³/mol. The van der Waals surface area contributed by atoms with Crippen LogP contribution < -0.4 is 15.8 Å². The first-order valence-electron chi connectivity index (χ1n) is 7.94. The van der Waals surface area contributed by atoms with Crippen molar-refractivity contribution in [2.75, 3.05) is 19.0 Å². The minimum absolute atomic E-state index is 0. The van der Waals surface area contributed by atoms with Crippen molar-refractivity contribution < 1.29 is 4.74 Å². The number of anilines is 1. The Morgan fingerprint density at radius 1 is 1.12 bits per heavy atom. The number of benzene rings is 2. The number of ether oxygens (including phenoxy) is 1. The highest BCUT2D eigenvalue weighted by Gasteiger charge is 2.42. The van der Waals surface area contributed by atoms with E-state index in [-0.39, 0.29) is 24.0 Å². The van der Waals surface area contributed by atoms with E-state index in [1.165, 1.54) is 18.4 Å². The Hall–Kier alpha value is -1.76. The number of nitrogens with two attached hydrogens (primary N) is 1. The summed E-state index contributed by atoms with van der Waals surface area (Å²) in [5.74, 6) is 1.29. The van der Waals surface area contributed by atoms with Crippen LogP contribution in [-0.2, 0) is 6.42 Å². The molecule has 128 valence electrons. The third-order valence-electron chi connectivity index (χ3n) is 4.33. The van der Waals surface area contributed by atoms with Gasteiger partial charge in [0.15, 0.2) is 5.96 Å². The summed E-state index contributed by atoms with van der Waals surface area (Å²) in [7, 11) is 1.65. The first-order chi connectivity index (χ1) is 11.2. The number of nitrogens with one attached hydrogen (secondary N) is 1. The number of rotatable bonds is 6. The fourth-order valence-corrected chi connectivity index (χ4v) is 2.71. The number of nitrogens with zero attached hydrogens (tertiary/aromatic N) is 1. The van der Waals surface area contributed by atoms with Gasteiger partial charge < -0.3 is 15.8 Å². The highest BCUT2D eigenvalue weighted by molar-refractivity contribution is 14.0. The van der Waals surface area contributed by atoms with Crippen molar-refractivity contribution in [2.45, 2.75) is 19.3 Å². The minimum Gasteiger partial charge on any atom is -0.497 e. The van der Waals surface area contributed by atoms with Gasteiger partial charge in [-0.25, -0.2) is 0 Å². The largest absolute Gasteiger partial charge is 0.497 e. The van der Waals surface area contributed by atoms with Gasteiger partial charge in [0.1, 0.15) is 5.75 Å². The van der Waals surface area contributed by atoms with Crippen molar-refractivity contribution in [3.8, 4) is 5.75 Å². The number of hydrogen-bond donors (Lipinski definition) is 2. The Kier molecular flexibility index (Phi) is 6.48. The molecule has 0 heterocycles. The topological polar surface area (TPSA) is 59.6 Å². The summed E-state index contributed by atoms with van der Waals surface area (Å²) in [6.45, 7) is 0.775. The quantitative estimate of drug-likeness (QED) is 0.407. The van der Waals surface area contributed by atoms with Crippen molar-refractivity contribution in [2.24, 2.45) is 16.1 Å². The van der Waals surface area contributed by atoms with Crippen LogP contribution in [-0.4, -0.2) is 19.6 Å². The zero-order chi connectivity index (χ0) is 16.1. The highest BCUT2D eigenvalue weighted by atomic mass is 127. The summed E-state index contributed by atoms with van der Waals surface area (Å²) < 4.78 is 5.14. The van der Waals surface area contributed by atoms with Gasteiger partial charge in [-0.05, 0) is 54.5 Å². The van der Waals surface area contributed by atoms with E-state index in [1.807, 2.05) is 24.3 Å². The van der Waals surface area contributed by atoms with Gasteiger partial charge in [0.05, 0.1) is 7.11 Å². The predicted octanol–water partition coefficient (Wildman–Crippen LogP) is 4.06. The lowest BCUT2D eigenvalue weighted by molar-refractivity contribution is 0.415. The Bertz CT molecular complexity index is 667. The molecule has 1 aliphatic rings. The van der Waals surface area contributed by atoms with E-state index in [2.05, 4.69) is 40.6 Å². The second-order valence-electron chi connectivity index (χ2n) is 6.22. The van der Waals surface area contributed by atoms with Gasteiger partial charge in [-0.1, -0.05) is 30.3 Å². The normalized spacial score (nSPS) is 15.3. The minimum atomic E-state index is 0. The Morgan fingerprint density at radius 2 is 1.79 bits per heavy atom. The molecule has 0 spiro atoms. The fraction of sp³-hybridized carbons (Fsp3) is 0.316. The lowest BCUT2D eigenvalue weighted by Gasteiger charge is -2.13. The van der Waals surface area contributed by atoms with Crippen molar-refractivity contribution in [3.05, 3.63) is 60.2 Å². The van der Waals surface area contributed by atoms with Crippen LogP contribution in [0.1, 0.15) is 18.4 Å². The van der Waals surface area contributed by atoms with Crippen LogP contribution in [0.4, 0.5) is 5.69 Å². The molecule has 2 aromatic rings. The molecule has 3 rings (SSSR count). The van der Waals surface area contributed by atoms with Crippen LogP contribution in [0.15, 0.2) is 59.6 Å². The number of methoxy groups -OCH3 is 1. The smallest absolute Gasteiger partial charge is 0.193 e. The Labute approximate surface area is 160 Å². The van der Waals surface area contributed by atoms with Crippen molar-refractivity contribution in [1.29, 1.82) is 0 Å². The van der Waals surface area contributed by atoms with Crippen LogP contribution in [0.25, 0.3) is 0 Å². The first kappa shape index (κ1) is 18.6. The third kappa shape index (κ3) is 5.12. The van der Waals surface area contributed by atoms with Crippen LogP contribution in [0.2, 0.25) is 0 Å². The molecule has 0 aliphatic heterocycles. The molecule has 2 aromatic carbocycles. The summed E-state index contributed by atoms with van der Waals surface area (Å²) in [5.41, 5.74) is 8.60. The molecule has 3 N–H and O–H groups in total. The molecule has 0 bridgehead atoms. The second-order valence-corrected chi connectivity index (χ2v) is 6.22. The maximum absolute atomic E-state index is 6.01. The molecule has 0 aromatic heterocycles. The van der Waals surface area contributed by atoms with Crippen molar-refractivity contribution >= 4 is 35.6 Å². The highest BCUT2D eigenvalue weighted by Crippen LogP contribution is 2.48. The van der Waals surface area contributed by atoms with Gasteiger partial charge in [0, 0.05) is 12.2 Å². The van der Waals surface area contributed by atoms with Gasteiger partial charge in [-0.2, -0.15) is 0 Å². The molecule has 1 aliphatic carbocycles. The molecule has 24 heavy (non-hydrogen) atoms. The first-order valence-corrected chi connectivity index (χ1v) is 7.94. The number of aliphatic imine (C=N–C) groups is 1. The molecular weight excluding hydrogens is 413 g/mol. The van der Waals surface area contributed by atoms with Gasteiger partial charge in [-0.3, -0.25) is 4.99 Å². The summed E-state index contributed by atoms with van der Waals surface area (Å²) >= 11 is 0. The summed E-state index contributed by atoms with van der Waals surface area (Å²) in [6.07, 6.45) is 3.52. The number of guanidine groups is 1. The van der Waals surface area contributed by atoms with E-state index in [9.17, 15) is 0 Å². The van der Waals surface area contributed by atoms with Crippen LogP contribution in [0.5, 0.6) is 5.75 Å². The monoisotopic (exact) mass is 437 g/mol. The SMILES string of the molecule is COc1ccc(NC(N)=NCC2(Cc3ccccc3)CC2)cc1.I. The van der Waals surface area contributed by atoms with Crippen LogP contribution in [0, 0.1) is 5.41 Å². The van der Waals surface area contributed by atoms with Gasteiger partial charge in [0.25, 0.3) is 0 Å². The third-order valence-corrected chi connectivity index (χ3v) is 4.33. The number of halogens is 1. The molecule has 0 atom stereocenters. The molecule has 0 radical (unpaired) electrons. The van der Waals surface area contributed by atoms with Crippen LogP contribution >= 0.6 is 24.0 Å². The Morgan fingerprint density at radius 3 is 2.38 bits per heavy atom. The molecule has 4 nitrogen and oxygen atoms in total. The van der Waals surface area contributed by atoms with Crippen molar-refractivity contribution in [1.82, 2.24) is 0 Å². The van der Waals surface area contributed by atoms with Gasteiger partial charge >= 0.3 is 0 Å². The van der Waals surface area contributed by atoms with E-state index in [4.69, 9.17) is 10.5 Å². The zero-order valence-electron chi connectivity index (χ0n) is 13.9. The van der Waals surface area contributed by atoms with E-state index in [0.29, 0.717) is 11.4 Å². The standard InChI is InChI=1S/C19H23N3O.HI/c1-23-17-9-7-16(8-10-17)22-18(20)21-14-19(11-12-19)13-15-5-3-2-4-6-15;/h2-10H,11-14H2,1H3,(H3,20,21,22);1H. The molecular formula is C19H24IN3O. The second kappa shape index (κ2) is 8.37. The molecule has 0 amide bonds. The van der Waals surface area contributed by atoms with E-state index < -0.39 is 0 Å². The van der Waals surface area contributed by atoms with Gasteiger partial charge in [-0.15, -0.1) is 24.0 Å². The van der Waals surface area contributed by atoms with Crippen LogP contribution in [0.3, 0.4) is 0 Å². The maximum atomic E-state index is 6.01. The fourth-order valence-electron chi connectivity index (χ4n) is 2.71. The molecule has 5 heteroatoms. The molecule has 0 unspecified atom stereocenters. The van der Waals surface area contributed by atoms with E-state index in [1.54, 1.807) is 7.11 Å². The zero-order valence-corrected chi connectivity index (χ0v) is 16.2. The summed E-state index contributed by atoms with van der Waals surface area (Å²) in [5, 5.41) is 3.13. The van der Waals surface area contributed by atoms with Crippen molar-refractivity contribution in [3.63, 3.8) is 0 Å². The number of hydrogen-bond acceptors (Lipinski definition) is 2. The summed E-state index contributed by atoms with van der Waals surface area (Å²) in [4.78, 5) is 4.54. The average Bonchev–Trinajstić information content (AvgIpc) is 3.35.